The molecular formula is C25H21ClN2O4. The Labute approximate surface area is 190 Å². The predicted molar refractivity (Wildman–Crippen MR) is 121 cm³/mol. The first-order chi connectivity index (χ1) is 15.4. The van der Waals surface area contributed by atoms with Gasteiger partial charge in [-0.15, -0.1) is 0 Å². The number of amides is 1. The van der Waals surface area contributed by atoms with Crippen molar-refractivity contribution in [3.8, 4) is 5.75 Å². The minimum atomic E-state index is -0.781. The zero-order chi connectivity index (χ0) is 22.8. The summed E-state index contributed by atoms with van der Waals surface area (Å²) in [4.78, 5) is 31.8. The van der Waals surface area contributed by atoms with Crippen LogP contribution >= 0.6 is 11.6 Å². The maximum atomic E-state index is 13.1. The fourth-order valence-corrected chi connectivity index (χ4v) is 4.01. The molecule has 2 heterocycles. The van der Waals surface area contributed by atoms with Crippen LogP contribution in [0.4, 0.5) is 0 Å². The van der Waals surface area contributed by atoms with Gasteiger partial charge in [0, 0.05) is 16.8 Å². The third kappa shape index (κ3) is 3.97. The van der Waals surface area contributed by atoms with E-state index in [9.17, 15) is 14.7 Å². The number of aromatic nitrogens is 1. The lowest BCUT2D eigenvalue weighted by Gasteiger charge is -2.25. The van der Waals surface area contributed by atoms with Crippen molar-refractivity contribution in [2.45, 2.75) is 19.5 Å². The molecule has 1 aliphatic heterocycles. The molecule has 3 aromatic rings. The Morgan fingerprint density at radius 2 is 1.88 bits per heavy atom. The number of carbonyl (C=O) groups is 2. The Bertz CT molecular complexity index is 1210. The first-order valence-electron chi connectivity index (χ1n) is 9.99. The summed E-state index contributed by atoms with van der Waals surface area (Å²) in [5.74, 6) is -1.02. The van der Waals surface area contributed by atoms with Crippen LogP contribution in [0.1, 0.15) is 28.4 Å². The Hall–Kier alpha value is -3.64. The summed E-state index contributed by atoms with van der Waals surface area (Å²) in [7, 11) is 1.56. The van der Waals surface area contributed by atoms with Gasteiger partial charge in [-0.2, -0.15) is 0 Å². The summed E-state index contributed by atoms with van der Waals surface area (Å²) in [6.07, 6.45) is 1.63. The fraction of sp³-hybridized carbons (Fsp3) is 0.160. The Morgan fingerprint density at radius 1 is 1.12 bits per heavy atom. The van der Waals surface area contributed by atoms with Crippen LogP contribution in [0, 0.1) is 6.92 Å². The molecule has 1 amide bonds. The van der Waals surface area contributed by atoms with Crippen LogP contribution in [0.3, 0.4) is 0 Å². The number of ketones is 1. The molecule has 1 aromatic heterocycles. The molecule has 32 heavy (non-hydrogen) atoms. The minimum absolute atomic E-state index is 0.0258. The second kappa shape index (κ2) is 8.85. The van der Waals surface area contributed by atoms with Crippen LogP contribution < -0.4 is 4.74 Å². The van der Waals surface area contributed by atoms with E-state index >= 15 is 0 Å². The first-order valence-corrected chi connectivity index (χ1v) is 10.4. The van der Waals surface area contributed by atoms with E-state index in [1.807, 2.05) is 13.0 Å². The molecule has 0 radical (unpaired) electrons. The first kappa shape index (κ1) is 21.6. The van der Waals surface area contributed by atoms with Crippen molar-refractivity contribution < 1.29 is 19.4 Å². The van der Waals surface area contributed by atoms with E-state index < -0.39 is 17.7 Å². The molecule has 162 valence electrons. The molecular weight excluding hydrogens is 428 g/mol. The van der Waals surface area contributed by atoms with Crippen molar-refractivity contribution in [2.24, 2.45) is 0 Å². The predicted octanol–water partition coefficient (Wildman–Crippen LogP) is 4.67. The van der Waals surface area contributed by atoms with E-state index in [0.717, 1.165) is 5.56 Å². The van der Waals surface area contributed by atoms with Crippen molar-refractivity contribution in [1.82, 2.24) is 9.88 Å². The highest BCUT2D eigenvalue weighted by Crippen LogP contribution is 2.40. The minimum Gasteiger partial charge on any atom is -0.507 e. The Balaban J connectivity index is 1.86. The zero-order valence-corrected chi connectivity index (χ0v) is 18.3. The SMILES string of the molecule is COc1ccc(/C(O)=C2/C(=O)C(=O)N(Cc3ccccn3)C2c2ccc(Cl)cc2)cc1C. The number of benzene rings is 2. The largest absolute Gasteiger partial charge is 0.507 e. The van der Waals surface area contributed by atoms with E-state index in [0.29, 0.717) is 27.6 Å². The van der Waals surface area contributed by atoms with Gasteiger partial charge in [-0.05, 0) is 60.5 Å². The molecule has 1 N–H and O–H groups in total. The van der Waals surface area contributed by atoms with E-state index in [-0.39, 0.29) is 17.9 Å². The van der Waals surface area contributed by atoms with Crippen LogP contribution in [0.5, 0.6) is 5.75 Å². The number of hydrogen-bond donors (Lipinski definition) is 1. The molecule has 1 aliphatic rings. The van der Waals surface area contributed by atoms with Gasteiger partial charge in [-0.1, -0.05) is 29.8 Å². The molecule has 7 heteroatoms. The van der Waals surface area contributed by atoms with Gasteiger partial charge in [-0.25, -0.2) is 0 Å². The number of methoxy groups -OCH3 is 1. The van der Waals surface area contributed by atoms with Crippen molar-refractivity contribution in [3.05, 3.63) is 99.8 Å². The summed E-state index contributed by atoms with van der Waals surface area (Å²) in [6, 6.07) is 16.6. The van der Waals surface area contributed by atoms with Crippen LogP contribution in [-0.2, 0) is 16.1 Å². The number of hydrogen-bond acceptors (Lipinski definition) is 5. The van der Waals surface area contributed by atoms with Crippen LogP contribution in [0.25, 0.3) is 5.76 Å². The van der Waals surface area contributed by atoms with Gasteiger partial charge in [-0.3, -0.25) is 14.6 Å². The maximum Gasteiger partial charge on any atom is 0.296 e. The molecule has 2 aromatic carbocycles. The topological polar surface area (TPSA) is 79.7 Å². The van der Waals surface area contributed by atoms with Gasteiger partial charge in [0.2, 0.25) is 0 Å². The molecule has 1 saturated heterocycles. The summed E-state index contributed by atoms with van der Waals surface area (Å²) in [5.41, 5.74) is 2.54. The number of aliphatic hydroxyl groups is 1. The normalized spacial score (nSPS) is 17.6. The molecule has 0 saturated carbocycles. The highest BCUT2D eigenvalue weighted by Gasteiger charge is 2.46. The monoisotopic (exact) mass is 448 g/mol. The van der Waals surface area contributed by atoms with Crippen molar-refractivity contribution in [3.63, 3.8) is 0 Å². The number of halogens is 1. The van der Waals surface area contributed by atoms with Gasteiger partial charge >= 0.3 is 0 Å². The van der Waals surface area contributed by atoms with Gasteiger partial charge in [0.1, 0.15) is 11.5 Å². The average molecular weight is 449 g/mol. The maximum absolute atomic E-state index is 13.1. The zero-order valence-electron chi connectivity index (χ0n) is 17.6. The molecule has 1 unspecified atom stereocenters. The standard InChI is InChI=1S/C25H21ClN2O4/c1-15-13-17(8-11-20(15)32-2)23(29)21-22(16-6-9-18(26)10-7-16)28(25(31)24(21)30)14-19-5-3-4-12-27-19/h3-13,22,29H,14H2,1-2H3/b23-21-. The lowest BCUT2D eigenvalue weighted by Crippen LogP contribution is -2.29. The Kier molecular flexibility index (Phi) is 5.97. The molecule has 4 rings (SSSR count). The van der Waals surface area contributed by atoms with E-state index in [4.69, 9.17) is 16.3 Å². The van der Waals surface area contributed by atoms with Gasteiger partial charge < -0.3 is 14.7 Å². The summed E-state index contributed by atoms with van der Waals surface area (Å²) < 4.78 is 5.28. The van der Waals surface area contributed by atoms with Crippen molar-refractivity contribution in [1.29, 1.82) is 0 Å². The quantitative estimate of drug-likeness (QED) is 0.348. The van der Waals surface area contributed by atoms with E-state index in [1.165, 1.54) is 4.90 Å². The van der Waals surface area contributed by atoms with Gasteiger partial charge in [0.25, 0.3) is 11.7 Å². The number of carbonyl (C=O) groups excluding carboxylic acids is 2. The molecule has 0 spiro atoms. The average Bonchev–Trinajstić information content (AvgIpc) is 3.04. The molecule has 1 atom stereocenters. The van der Waals surface area contributed by atoms with E-state index in [2.05, 4.69) is 4.98 Å². The number of aliphatic hydroxyl groups excluding tert-OH is 1. The number of Topliss-reactive ketones (excluding diaryl/α,β-unsaturated/α-hetero) is 1. The van der Waals surface area contributed by atoms with Crippen LogP contribution in [-0.4, -0.2) is 33.8 Å². The molecule has 0 aliphatic carbocycles. The summed E-state index contributed by atoms with van der Waals surface area (Å²) in [5, 5.41) is 11.7. The molecule has 6 nitrogen and oxygen atoms in total. The number of rotatable bonds is 5. The smallest absolute Gasteiger partial charge is 0.296 e. The highest BCUT2D eigenvalue weighted by atomic mass is 35.5. The van der Waals surface area contributed by atoms with E-state index in [1.54, 1.807) is 67.9 Å². The highest BCUT2D eigenvalue weighted by molar-refractivity contribution is 6.46. The molecule has 1 fully saturated rings. The van der Waals surface area contributed by atoms with Crippen molar-refractivity contribution >= 4 is 29.1 Å². The lowest BCUT2D eigenvalue weighted by molar-refractivity contribution is -0.140. The van der Waals surface area contributed by atoms with Crippen LogP contribution in [0.2, 0.25) is 5.02 Å². The number of aryl methyl sites for hydroxylation is 1. The third-order valence-electron chi connectivity index (χ3n) is 5.45. The van der Waals surface area contributed by atoms with Gasteiger partial charge in [0.05, 0.1) is 31.0 Å². The van der Waals surface area contributed by atoms with Gasteiger partial charge in [0.15, 0.2) is 0 Å². The number of ether oxygens (including phenoxy) is 1. The third-order valence-corrected chi connectivity index (χ3v) is 5.70. The summed E-state index contributed by atoms with van der Waals surface area (Å²) in [6.45, 7) is 1.96. The Morgan fingerprint density at radius 3 is 2.50 bits per heavy atom. The second-order valence-corrected chi connectivity index (χ2v) is 7.92. The number of pyridine rings is 1. The number of likely N-dealkylation sites (tertiary alicyclic amines) is 1. The van der Waals surface area contributed by atoms with Crippen molar-refractivity contribution in [2.75, 3.05) is 7.11 Å². The van der Waals surface area contributed by atoms with Crippen LogP contribution in [0.15, 0.2) is 72.4 Å². The fourth-order valence-electron chi connectivity index (χ4n) is 3.88. The lowest BCUT2D eigenvalue weighted by atomic mass is 9.94. The summed E-state index contributed by atoms with van der Waals surface area (Å²) >= 11 is 6.05. The number of nitrogens with zero attached hydrogens (tertiary/aromatic N) is 2. The second-order valence-electron chi connectivity index (χ2n) is 7.48. The molecule has 0 bridgehead atoms.